The van der Waals surface area contributed by atoms with Gasteiger partial charge in [-0.2, -0.15) is 10.2 Å². The van der Waals surface area contributed by atoms with Crippen LogP contribution in [-0.4, -0.2) is 38.7 Å². The molecule has 2 atom stereocenters. The number of fused-ring (bicyclic) bond motifs is 1. The largest absolute Gasteiger partial charge is 0.237 e. The van der Waals surface area contributed by atoms with Crippen molar-refractivity contribution in [3.8, 4) is 0 Å². The average Bonchev–Trinajstić information content (AvgIpc) is 3.28. The van der Waals surface area contributed by atoms with Gasteiger partial charge in [0.25, 0.3) is 0 Å². The van der Waals surface area contributed by atoms with Crippen molar-refractivity contribution in [2.45, 2.75) is 17.7 Å². The topological polar surface area (TPSA) is 83.6 Å². The van der Waals surface area contributed by atoms with Gasteiger partial charge in [-0.05, 0) is 36.6 Å². The fourth-order valence-electron chi connectivity index (χ4n) is 3.35. The summed E-state index contributed by atoms with van der Waals surface area (Å²) >= 11 is 0. The minimum atomic E-state index is -3.16. The first-order chi connectivity index (χ1) is 12.5. The lowest BCUT2D eigenvalue weighted by molar-refractivity contribution is 0.602. The maximum atomic E-state index is 11.6. The molecule has 6 nitrogen and oxygen atoms in total. The van der Waals surface area contributed by atoms with Crippen molar-refractivity contribution >= 4 is 33.8 Å². The number of aryl methyl sites for hydroxylation is 1. The normalized spacial score (nSPS) is 23.7. The van der Waals surface area contributed by atoms with E-state index in [1.807, 2.05) is 24.4 Å². The number of aliphatic imine (C=N–C) groups is 2. The third-order valence-corrected chi connectivity index (χ3v) is 5.89. The van der Waals surface area contributed by atoms with Crippen LogP contribution in [0.15, 0.2) is 73.3 Å². The first-order valence-corrected chi connectivity index (χ1v) is 10.3. The van der Waals surface area contributed by atoms with Crippen LogP contribution < -0.4 is 0 Å². The lowest BCUT2D eigenvalue weighted by Crippen LogP contribution is -2.26. The molecule has 3 aliphatic rings. The summed E-state index contributed by atoms with van der Waals surface area (Å²) in [4.78, 5) is 8.91. The zero-order valence-electron chi connectivity index (χ0n) is 14.3. The highest BCUT2D eigenvalue weighted by Crippen LogP contribution is 2.32. The molecule has 0 aromatic heterocycles. The maximum absolute atomic E-state index is 11.6. The second-order valence-corrected chi connectivity index (χ2v) is 8.53. The first-order valence-electron chi connectivity index (χ1n) is 8.40. The molecule has 0 N–H and O–H groups in total. The van der Waals surface area contributed by atoms with E-state index in [4.69, 9.17) is 0 Å². The summed E-state index contributed by atoms with van der Waals surface area (Å²) in [5, 5.41) is 8.46. The lowest BCUT2D eigenvalue weighted by atomic mass is 9.81. The van der Waals surface area contributed by atoms with Crippen molar-refractivity contribution in [2.75, 3.05) is 6.26 Å². The zero-order chi connectivity index (χ0) is 18.1. The summed E-state index contributed by atoms with van der Waals surface area (Å²) < 4.78 is 23.1. The fourth-order valence-corrected chi connectivity index (χ4v) is 3.98. The Morgan fingerprint density at radius 3 is 2.65 bits per heavy atom. The molecule has 26 heavy (non-hydrogen) atoms. The second-order valence-electron chi connectivity index (χ2n) is 6.52. The van der Waals surface area contributed by atoms with Gasteiger partial charge in [-0.15, -0.1) is 0 Å². The van der Waals surface area contributed by atoms with Crippen LogP contribution in [0.2, 0.25) is 0 Å². The Kier molecular flexibility index (Phi) is 4.24. The smallest absolute Gasteiger partial charge is 0.175 e. The van der Waals surface area contributed by atoms with Crippen LogP contribution in [-0.2, 0) is 16.3 Å². The third-order valence-electron chi connectivity index (χ3n) is 4.76. The molecule has 1 aromatic rings. The molecule has 3 heterocycles. The Morgan fingerprint density at radius 1 is 1.08 bits per heavy atom. The molecule has 0 amide bonds. The van der Waals surface area contributed by atoms with Gasteiger partial charge in [0.1, 0.15) is 0 Å². The number of amidine groups is 1. The van der Waals surface area contributed by atoms with Gasteiger partial charge in [0.05, 0.1) is 10.6 Å². The summed E-state index contributed by atoms with van der Waals surface area (Å²) in [6.07, 6.45) is 12.3. The van der Waals surface area contributed by atoms with Gasteiger partial charge < -0.3 is 0 Å². The van der Waals surface area contributed by atoms with Gasteiger partial charge >= 0.3 is 0 Å². The van der Waals surface area contributed by atoms with E-state index in [0.717, 1.165) is 35.5 Å². The molecule has 1 aromatic carbocycles. The highest BCUT2D eigenvalue weighted by molar-refractivity contribution is 7.90. The molecule has 2 unspecified atom stereocenters. The van der Waals surface area contributed by atoms with E-state index in [1.165, 1.54) is 6.26 Å². The molecule has 4 rings (SSSR count). The zero-order valence-corrected chi connectivity index (χ0v) is 15.1. The van der Waals surface area contributed by atoms with Crippen molar-refractivity contribution in [1.29, 1.82) is 0 Å². The van der Waals surface area contributed by atoms with Crippen LogP contribution in [0.4, 0.5) is 0 Å². The molecule has 7 heteroatoms. The van der Waals surface area contributed by atoms with Crippen molar-refractivity contribution in [3.63, 3.8) is 0 Å². The number of hydrogen-bond donors (Lipinski definition) is 0. The number of hydrogen-bond acceptors (Lipinski definition) is 6. The molecular formula is C19H18N4O2S. The number of benzene rings is 1. The van der Waals surface area contributed by atoms with Gasteiger partial charge in [-0.1, -0.05) is 18.2 Å². The van der Waals surface area contributed by atoms with E-state index in [9.17, 15) is 8.42 Å². The SMILES string of the molecule is CS(=O)(=O)c1ccc(CCC2=NN=CC2C2C=CN=C3N=CC=C32)cc1. The molecule has 132 valence electrons. The highest BCUT2D eigenvalue weighted by Gasteiger charge is 2.32. The second kappa shape index (κ2) is 6.57. The van der Waals surface area contributed by atoms with Crippen LogP contribution in [0.5, 0.6) is 0 Å². The van der Waals surface area contributed by atoms with Gasteiger partial charge in [-0.3, -0.25) is 0 Å². The summed E-state index contributed by atoms with van der Waals surface area (Å²) in [5.74, 6) is 1.04. The Bertz CT molecular complexity index is 1010. The molecule has 3 aliphatic heterocycles. The van der Waals surface area contributed by atoms with Crippen molar-refractivity contribution in [3.05, 3.63) is 53.8 Å². The van der Waals surface area contributed by atoms with Crippen LogP contribution in [0, 0.1) is 11.8 Å². The van der Waals surface area contributed by atoms with E-state index in [0.29, 0.717) is 4.90 Å². The Morgan fingerprint density at radius 2 is 1.88 bits per heavy atom. The summed E-state index contributed by atoms with van der Waals surface area (Å²) in [6.45, 7) is 0. The Hall–Kier alpha value is -2.67. The van der Waals surface area contributed by atoms with Crippen LogP contribution in [0.25, 0.3) is 0 Å². The number of allylic oxidation sites excluding steroid dienone is 2. The predicted octanol–water partition coefficient (Wildman–Crippen LogP) is 2.63. The van der Waals surface area contributed by atoms with Crippen molar-refractivity contribution in [2.24, 2.45) is 32.0 Å². The van der Waals surface area contributed by atoms with Gasteiger partial charge in [0.2, 0.25) is 0 Å². The number of sulfone groups is 1. The molecular weight excluding hydrogens is 348 g/mol. The summed E-state index contributed by atoms with van der Waals surface area (Å²) in [6, 6.07) is 7.03. The van der Waals surface area contributed by atoms with Crippen molar-refractivity contribution < 1.29 is 8.42 Å². The molecule has 0 radical (unpaired) electrons. The van der Waals surface area contributed by atoms with Gasteiger partial charge in [0.15, 0.2) is 15.7 Å². The predicted molar refractivity (Wildman–Crippen MR) is 104 cm³/mol. The van der Waals surface area contributed by atoms with E-state index >= 15 is 0 Å². The molecule has 0 spiro atoms. The standard InChI is InChI=1S/C19H18N4O2S/c1-26(24,25)14-5-2-13(3-6-14)4-7-18-17(12-22-23-18)15-8-10-20-19-16(15)9-11-21-19/h2-3,5-6,8-12,15,17H,4,7H2,1H3. The minimum absolute atomic E-state index is 0.111. The molecule has 0 bridgehead atoms. The summed E-state index contributed by atoms with van der Waals surface area (Å²) in [5.41, 5.74) is 3.22. The van der Waals surface area contributed by atoms with Crippen LogP contribution in [0.3, 0.4) is 0 Å². The number of rotatable bonds is 5. The Balaban J connectivity index is 1.44. The first kappa shape index (κ1) is 16.8. The van der Waals surface area contributed by atoms with E-state index in [1.54, 1.807) is 24.5 Å². The van der Waals surface area contributed by atoms with Gasteiger partial charge in [-0.25, -0.2) is 18.4 Å². The number of nitrogens with zero attached hydrogens (tertiary/aromatic N) is 4. The maximum Gasteiger partial charge on any atom is 0.175 e. The minimum Gasteiger partial charge on any atom is -0.237 e. The lowest BCUT2D eigenvalue weighted by Gasteiger charge is -2.23. The molecule has 0 saturated carbocycles. The molecule has 0 aliphatic carbocycles. The van der Waals surface area contributed by atoms with Crippen LogP contribution >= 0.6 is 0 Å². The molecule has 0 saturated heterocycles. The average molecular weight is 366 g/mol. The molecule has 0 fully saturated rings. The fraction of sp³-hybridized carbons (Fsp3) is 0.263. The highest BCUT2D eigenvalue weighted by atomic mass is 32.2. The monoisotopic (exact) mass is 366 g/mol. The van der Waals surface area contributed by atoms with E-state index in [2.05, 4.69) is 26.3 Å². The third kappa shape index (κ3) is 3.22. The van der Waals surface area contributed by atoms with Crippen LogP contribution in [0.1, 0.15) is 12.0 Å². The summed E-state index contributed by atoms with van der Waals surface area (Å²) in [7, 11) is -3.16. The quantitative estimate of drug-likeness (QED) is 0.802. The van der Waals surface area contributed by atoms with E-state index in [-0.39, 0.29) is 11.8 Å². The van der Waals surface area contributed by atoms with Gasteiger partial charge in [0, 0.05) is 42.3 Å². The van der Waals surface area contributed by atoms with Crippen molar-refractivity contribution in [1.82, 2.24) is 0 Å². The Labute approximate surface area is 152 Å². The van der Waals surface area contributed by atoms with E-state index < -0.39 is 9.84 Å².